The smallest absolute Gasteiger partial charge is 0.0628 e. The molecule has 4 saturated carbocycles. The first-order valence-corrected chi connectivity index (χ1v) is 5.39. The topological polar surface area (TPSA) is 9.23 Å². The highest BCUT2D eigenvalue weighted by molar-refractivity contribution is 4.98. The van der Waals surface area contributed by atoms with Crippen LogP contribution in [0.3, 0.4) is 0 Å². The van der Waals surface area contributed by atoms with E-state index in [9.17, 15) is 0 Å². The molecule has 0 unspecified atom stereocenters. The average molecular weight is 166 g/mol. The van der Waals surface area contributed by atoms with E-state index in [1.54, 1.807) is 6.42 Å². The predicted molar refractivity (Wildman–Crippen MR) is 47.8 cm³/mol. The summed E-state index contributed by atoms with van der Waals surface area (Å²) in [5.74, 6) is 4.04. The van der Waals surface area contributed by atoms with E-state index in [0.717, 1.165) is 23.7 Å². The molecule has 0 atom stereocenters. The van der Waals surface area contributed by atoms with Crippen LogP contribution in [0.1, 0.15) is 32.1 Å². The first kappa shape index (κ1) is 7.37. The Morgan fingerprint density at radius 1 is 0.833 bits per heavy atom. The number of methoxy groups -OCH3 is 1. The standard InChI is InChI=1S/C11H18O/c1-12-11-9-3-7-2-8(5-9)6-10(11)4-7/h7-11H,2-6H2,1H3. The maximum absolute atomic E-state index is 5.63. The number of hydrogen-bond donors (Lipinski definition) is 0. The van der Waals surface area contributed by atoms with Gasteiger partial charge in [0.2, 0.25) is 0 Å². The van der Waals surface area contributed by atoms with E-state index in [4.69, 9.17) is 4.74 Å². The summed E-state index contributed by atoms with van der Waals surface area (Å²) in [5, 5.41) is 0. The lowest BCUT2D eigenvalue weighted by molar-refractivity contribution is -0.110. The Morgan fingerprint density at radius 2 is 1.33 bits per heavy atom. The minimum Gasteiger partial charge on any atom is -0.381 e. The maximum Gasteiger partial charge on any atom is 0.0628 e. The molecule has 0 saturated heterocycles. The summed E-state index contributed by atoms with van der Waals surface area (Å²) in [6.07, 6.45) is 8.09. The molecule has 0 aromatic heterocycles. The monoisotopic (exact) mass is 166 g/mol. The van der Waals surface area contributed by atoms with Crippen molar-refractivity contribution in [3.05, 3.63) is 0 Å². The lowest BCUT2D eigenvalue weighted by Crippen LogP contribution is -2.48. The fraction of sp³-hybridized carbons (Fsp3) is 1.00. The molecule has 1 heteroatoms. The SMILES string of the molecule is COC1C2CC3CC(C2)CC1C3. The fourth-order valence-electron chi connectivity index (χ4n) is 4.26. The second-order valence-corrected chi connectivity index (χ2v) is 5.13. The first-order valence-electron chi connectivity index (χ1n) is 5.39. The van der Waals surface area contributed by atoms with Crippen LogP contribution in [-0.4, -0.2) is 13.2 Å². The van der Waals surface area contributed by atoms with Crippen LogP contribution >= 0.6 is 0 Å². The molecule has 0 aromatic rings. The Labute approximate surface area is 74.5 Å². The van der Waals surface area contributed by atoms with E-state index in [1.165, 1.54) is 25.7 Å². The van der Waals surface area contributed by atoms with Gasteiger partial charge >= 0.3 is 0 Å². The molecule has 0 spiro atoms. The van der Waals surface area contributed by atoms with Crippen LogP contribution in [0, 0.1) is 23.7 Å². The molecule has 0 amide bonds. The Kier molecular flexibility index (Phi) is 1.52. The van der Waals surface area contributed by atoms with Gasteiger partial charge in [-0.15, -0.1) is 0 Å². The quantitative estimate of drug-likeness (QED) is 0.581. The van der Waals surface area contributed by atoms with Gasteiger partial charge in [0.05, 0.1) is 6.10 Å². The Balaban J connectivity index is 1.86. The van der Waals surface area contributed by atoms with Crippen LogP contribution in [0.2, 0.25) is 0 Å². The molecule has 68 valence electrons. The van der Waals surface area contributed by atoms with Crippen molar-refractivity contribution in [2.24, 2.45) is 23.7 Å². The summed E-state index contributed by atoms with van der Waals surface area (Å²) in [6.45, 7) is 0. The van der Waals surface area contributed by atoms with Crippen molar-refractivity contribution in [1.82, 2.24) is 0 Å². The Bertz CT molecular complexity index is 159. The van der Waals surface area contributed by atoms with Gasteiger partial charge in [-0.05, 0) is 55.8 Å². The summed E-state index contributed by atoms with van der Waals surface area (Å²) >= 11 is 0. The molecule has 4 fully saturated rings. The zero-order valence-corrected chi connectivity index (χ0v) is 7.83. The summed E-state index contributed by atoms with van der Waals surface area (Å²) in [4.78, 5) is 0. The minimum atomic E-state index is 0.637. The summed E-state index contributed by atoms with van der Waals surface area (Å²) in [5.41, 5.74) is 0. The molecule has 4 aliphatic rings. The predicted octanol–water partition coefficient (Wildman–Crippen LogP) is 2.46. The van der Waals surface area contributed by atoms with Crippen LogP contribution in [-0.2, 0) is 4.74 Å². The molecule has 4 aliphatic carbocycles. The lowest BCUT2D eigenvalue weighted by Gasteiger charge is -2.53. The van der Waals surface area contributed by atoms with Gasteiger partial charge in [0.15, 0.2) is 0 Å². The van der Waals surface area contributed by atoms with Crippen molar-refractivity contribution >= 4 is 0 Å². The van der Waals surface area contributed by atoms with E-state index in [2.05, 4.69) is 0 Å². The van der Waals surface area contributed by atoms with E-state index < -0.39 is 0 Å². The maximum atomic E-state index is 5.63. The zero-order valence-electron chi connectivity index (χ0n) is 7.83. The third kappa shape index (κ3) is 0.891. The third-order valence-corrected chi connectivity index (χ3v) is 4.41. The summed E-state index contributed by atoms with van der Waals surface area (Å²) in [6, 6.07) is 0. The molecule has 0 radical (unpaired) electrons. The van der Waals surface area contributed by atoms with Crippen LogP contribution in [0.4, 0.5) is 0 Å². The number of rotatable bonds is 1. The molecular weight excluding hydrogens is 148 g/mol. The highest BCUT2D eigenvalue weighted by atomic mass is 16.5. The summed E-state index contributed by atoms with van der Waals surface area (Å²) < 4.78 is 5.63. The molecular formula is C11H18O. The third-order valence-electron chi connectivity index (χ3n) is 4.41. The van der Waals surface area contributed by atoms with Gasteiger partial charge in [-0.25, -0.2) is 0 Å². The average Bonchev–Trinajstić information content (AvgIpc) is 2.02. The number of ether oxygens (including phenoxy) is 1. The molecule has 4 bridgehead atoms. The molecule has 0 heterocycles. The Hall–Kier alpha value is -0.0400. The van der Waals surface area contributed by atoms with E-state index in [1.807, 2.05) is 7.11 Å². The first-order chi connectivity index (χ1) is 5.86. The Morgan fingerprint density at radius 3 is 1.75 bits per heavy atom. The molecule has 1 nitrogen and oxygen atoms in total. The van der Waals surface area contributed by atoms with Crippen LogP contribution < -0.4 is 0 Å². The van der Waals surface area contributed by atoms with Gasteiger partial charge in [-0.1, -0.05) is 0 Å². The van der Waals surface area contributed by atoms with E-state index in [0.29, 0.717) is 6.10 Å². The largest absolute Gasteiger partial charge is 0.381 e. The van der Waals surface area contributed by atoms with Crippen LogP contribution in [0.5, 0.6) is 0 Å². The van der Waals surface area contributed by atoms with Crippen LogP contribution in [0.25, 0.3) is 0 Å². The normalized spacial score (nSPS) is 56.2. The van der Waals surface area contributed by atoms with Crippen molar-refractivity contribution in [3.63, 3.8) is 0 Å². The molecule has 0 aromatic carbocycles. The highest BCUT2D eigenvalue weighted by Crippen LogP contribution is 2.54. The molecule has 0 aliphatic heterocycles. The lowest BCUT2D eigenvalue weighted by atomic mass is 9.55. The summed E-state index contributed by atoms with van der Waals surface area (Å²) in [7, 11) is 1.91. The van der Waals surface area contributed by atoms with Crippen molar-refractivity contribution < 1.29 is 4.74 Å². The second kappa shape index (κ2) is 2.47. The second-order valence-electron chi connectivity index (χ2n) is 5.13. The molecule has 4 rings (SSSR count). The fourth-order valence-corrected chi connectivity index (χ4v) is 4.26. The van der Waals surface area contributed by atoms with E-state index in [-0.39, 0.29) is 0 Å². The van der Waals surface area contributed by atoms with Gasteiger partial charge < -0.3 is 4.74 Å². The van der Waals surface area contributed by atoms with Crippen molar-refractivity contribution in [1.29, 1.82) is 0 Å². The van der Waals surface area contributed by atoms with Crippen molar-refractivity contribution in [3.8, 4) is 0 Å². The van der Waals surface area contributed by atoms with Gasteiger partial charge in [0.25, 0.3) is 0 Å². The zero-order chi connectivity index (χ0) is 8.13. The molecule has 12 heavy (non-hydrogen) atoms. The van der Waals surface area contributed by atoms with Crippen LogP contribution in [0.15, 0.2) is 0 Å². The van der Waals surface area contributed by atoms with Gasteiger partial charge in [-0.3, -0.25) is 0 Å². The number of hydrogen-bond acceptors (Lipinski definition) is 1. The van der Waals surface area contributed by atoms with Gasteiger partial charge in [0, 0.05) is 7.11 Å². The highest BCUT2D eigenvalue weighted by Gasteiger charge is 2.48. The van der Waals surface area contributed by atoms with Crippen molar-refractivity contribution in [2.45, 2.75) is 38.2 Å². The van der Waals surface area contributed by atoms with Gasteiger partial charge in [-0.2, -0.15) is 0 Å². The minimum absolute atomic E-state index is 0.637. The molecule has 0 N–H and O–H groups in total. The van der Waals surface area contributed by atoms with E-state index >= 15 is 0 Å². The van der Waals surface area contributed by atoms with Gasteiger partial charge in [0.1, 0.15) is 0 Å². The van der Waals surface area contributed by atoms with Crippen molar-refractivity contribution in [2.75, 3.05) is 7.11 Å².